The molecule has 1 aliphatic rings. The number of aliphatic hydroxyl groups excluding tert-OH is 1. The molecule has 1 fully saturated rings. The summed E-state index contributed by atoms with van der Waals surface area (Å²) >= 11 is 0. The molecule has 1 unspecified atom stereocenters. The van der Waals surface area contributed by atoms with Crippen LogP contribution >= 0.6 is 0 Å². The second-order valence-electron chi connectivity index (χ2n) is 2.05. The van der Waals surface area contributed by atoms with Gasteiger partial charge in [-0.15, -0.1) is 0 Å². The number of aliphatic hydroxyl groups is 1. The Bertz CT molecular complexity index is 76.8. The zero-order valence-corrected chi connectivity index (χ0v) is 5.00. The summed E-state index contributed by atoms with van der Waals surface area (Å²) in [6.45, 7) is 1.08. The Balaban J connectivity index is 2.22. The predicted molar refractivity (Wildman–Crippen MR) is 29.2 cm³/mol. The van der Waals surface area contributed by atoms with Gasteiger partial charge in [0.05, 0.1) is 6.61 Å². The number of hydrogen-bond donors (Lipinski definition) is 1. The molecule has 0 saturated carbocycles. The first-order valence-corrected chi connectivity index (χ1v) is 2.81. The van der Waals surface area contributed by atoms with E-state index in [0.717, 1.165) is 13.0 Å². The van der Waals surface area contributed by atoms with Crippen molar-refractivity contribution in [2.45, 2.75) is 12.5 Å². The molecule has 0 aromatic rings. The zero-order valence-electron chi connectivity index (χ0n) is 5.00. The molecule has 3 heteroatoms. The summed E-state index contributed by atoms with van der Waals surface area (Å²) in [6.07, 6.45) is 1.01. The molecular formula is C5H11NO2. The lowest BCUT2D eigenvalue weighted by Gasteiger charge is -2.07. The van der Waals surface area contributed by atoms with Crippen LogP contribution in [-0.4, -0.2) is 36.5 Å². The van der Waals surface area contributed by atoms with Crippen molar-refractivity contribution < 1.29 is 9.94 Å². The Hall–Kier alpha value is -0.120. The fourth-order valence-electron chi connectivity index (χ4n) is 0.810. The van der Waals surface area contributed by atoms with Crippen molar-refractivity contribution in [3.8, 4) is 0 Å². The fraction of sp³-hybridized carbons (Fsp3) is 1.00. The minimum Gasteiger partial charge on any atom is -0.394 e. The van der Waals surface area contributed by atoms with Crippen LogP contribution < -0.4 is 0 Å². The van der Waals surface area contributed by atoms with Crippen LogP contribution in [0.15, 0.2) is 0 Å². The van der Waals surface area contributed by atoms with Crippen molar-refractivity contribution in [3.05, 3.63) is 0 Å². The smallest absolute Gasteiger partial charge is 0.104 e. The van der Waals surface area contributed by atoms with E-state index in [1.807, 2.05) is 7.05 Å². The predicted octanol–water partition coefficient (Wildman–Crippen LogP) is -0.386. The highest BCUT2D eigenvalue weighted by Crippen LogP contribution is 2.08. The summed E-state index contributed by atoms with van der Waals surface area (Å²) in [5.41, 5.74) is 0. The topological polar surface area (TPSA) is 32.7 Å². The summed E-state index contributed by atoms with van der Waals surface area (Å²) in [4.78, 5) is 5.09. The van der Waals surface area contributed by atoms with Gasteiger partial charge < -0.3 is 5.11 Å². The summed E-state index contributed by atoms with van der Waals surface area (Å²) < 4.78 is 0. The van der Waals surface area contributed by atoms with Gasteiger partial charge in [-0.3, -0.25) is 4.84 Å². The average Bonchev–Trinajstić information content (AvgIpc) is 2.14. The largest absolute Gasteiger partial charge is 0.394 e. The molecule has 0 radical (unpaired) electrons. The van der Waals surface area contributed by atoms with Crippen LogP contribution in [-0.2, 0) is 4.84 Å². The summed E-state index contributed by atoms with van der Waals surface area (Å²) in [6, 6.07) is 0. The van der Waals surface area contributed by atoms with Gasteiger partial charge in [0, 0.05) is 13.6 Å². The molecule has 0 spiro atoms. The molecule has 1 aliphatic heterocycles. The van der Waals surface area contributed by atoms with Crippen molar-refractivity contribution in [2.24, 2.45) is 0 Å². The summed E-state index contributed by atoms with van der Waals surface area (Å²) in [5.74, 6) is 0. The first-order chi connectivity index (χ1) is 3.83. The Morgan fingerprint density at radius 3 is 2.88 bits per heavy atom. The summed E-state index contributed by atoms with van der Waals surface area (Å²) in [7, 11) is 1.87. The van der Waals surface area contributed by atoms with E-state index in [4.69, 9.17) is 9.94 Å². The maximum Gasteiger partial charge on any atom is 0.104 e. The normalized spacial score (nSPS) is 31.5. The van der Waals surface area contributed by atoms with E-state index in [1.54, 1.807) is 5.06 Å². The molecule has 8 heavy (non-hydrogen) atoms. The van der Waals surface area contributed by atoms with Gasteiger partial charge in [0.15, 0.2) is 0 Å². The Labute approximate surface area is 48.8 Å². The Morgan fingerprint density at radius 2 is 2.62 bits per heavy atom. The van der Waals surface area contributed by atoms with Gasteiger partial charge in [-0.05, 0) is 6.42 Å². The van der Waals surface area contributed by atoms with Crippen LogP contribution in [0, 0.1) is 0 Å². The molecule has 0 amide bonds. The van der Waals surface area contributed by atoms with E-state index in [-0.39, 0.29) is 12.7 Å². The lowest BCUT2D eigenvalue weighted by atomic mass is 10.3. The third-order valence-corrected chi connectivity index (χ3v) is 1.30. The van der Waals surface area contributed by atoms with Crippen molar-refractivity contribution in [1.29, 1.82) is 0 Å². The van der Waals surface area contributed by atoms with Gasteiger partial charge in [-0.2, -0.15) is 5.06 Å². The number of rotatable bonds is 1. The fourth-order valence-corrected chi connectivity index (χ4v) is 0.810. The van der Waals surface area contributed by atoms with Crippen LogP contribution in [0.1, 0.15) is 6.42 Å². The van der Waals surface area contributed by atoms with E-state index >= 15 is 0 Å². The van der Waals surface area contributed by atoms with Crippen LogP contribution in [0.2, 0.25) is 0 Å². The minimum atomic E-state index is 0.0556. The van der Waals surface area contributed by atoms with Gasteiger partial charge in [-0.25, -0.2) is 0 Å². The van der Waals surface area contributed by atoms with E-state index in [0.29, 0.717) is 0 Å². The van der Waals surface area contributed by atoms with E-state index in [9.17, 15) is 0 Å². The number of nitrogens with zero attached hydrogens (tertiary/aromatic N) is 1. The average molecular weight is 117 g/mol. The third-order valence-electron chi connectivity index (χ3n) is 1.30. The monoisotopic (exact) mass is 117 g/mol. The molecule has 3 nitrogen and oxygen atoms in total. The molecule has 1 saturated heterocycles. The van der Waals surface area contributed by atoms with Crippen molar-refractivity contribution in [1.82, 2.24) is 5.06 Å². The second-order valence-corrected chi connectivity index (χ2v) is 2.05. The van der Waals surface area contributed by atoms with Gasteiger partial charge in [0.1, 0.15) is 6.10 Å². The van der Waals surface area contributed by atoms with Crippen molar-refractivity contribution in [3.63, 3.8) is 0 Å². The quantitative estimate of drug-likeness (QED) is 0.508. The molecule has 0 aliphatic carbocycles. The molecule has 1 heterocycles. The van der Waals surface area contributed by atoms with Crippen molar-refractivity contribution in [2.75, 3.05) is 20.2 Å². The molecule has 0 bridgehead atoms. The standard InChI is InChI=1S/C5H11NO2/c1-6-3-2-5(4-7)8-6/h5,7H,2-4H2,1H3. The van der Waals surface area contributed by atoms with E-state index < -0.39 is 0 Å². The maximum absolute atomic E-state index is 8.53. The Kier molecular flexibility index (Phi) is 1.83. The van der Waals surface area contributed by atoms with Gasteiger partial charge in [0.25, 0.3) is 0 Å². The van der Waals surface area contributed by atoms with Crippen LogP contribution in [0.3, 0.4) is 0 Å². The first-order valence-electron chi connectivity index (χ1n) is 2.81. The zero-order chi connectivity index (χ0) is 5.98. The molecule has 0 aromatic heterocycles. The van der Waals surface area contributed by atoms with Gasteiger partial charge in [0.2, 0.25) is 0 Å². The molecule has 1 rings (SSSR count). The number of hydrogen-bond acceptors (Lipinski definition) is 3. The van der Waals surface area contributed by atoms with Crippen LogP contribution in [0.5, 0.6) is 0 Å². The van der Waals surface area contributed by atoms with Crippen molar-refractivity contribution >= 4 is 0 Å². The number of hydroxylamine groups is 2. The lowest BCUT2D eigenvalue weighted by molar-refractivity contribution is -0.137. The molecule has 1 atom stereocenters. The highest BCUT2D eigenvalue weighted by atomic mass is 16.7. The van der Waals surface area contributed by atoms with E-state index in [1.165, 1.54) is 0 Å². The van der Waals surface area contributed by atoms with Crippen LogP contribution in [0.4, 0.5) is 0 Å². The maximum atomic E-state index is 8.53. The lowest BCUT2D eigenvalue weighted by Crippen LogP contribution is -2.15. The molecule has 0 aromatic carbocycles. The SMILES string of the molecule is CN1CCC(CO)O1. The van der Waals surface area contributed by atoms with Crippen LogP contribution in [0.25, 0.3) is 0 Å². The van der Waals surface area contributed by atoms with E-state index in [2.05, 4.69) is 0 Å². The Morgan fingerprint density at radius 1 is 1.88 bits per heavy atom. The highest BCUT2D eigenvalue weighted by molar-refractivity contribution is 4.61. The molecular weight excluding hydrogens is 106 g/mol. The molecule has 1 N–H and O–H groups in total. The highest BCUT2D eigenvalue weighted by Gasteiger charge is 2.18. The van der Waals surface area contributed by atoms with Gasteiger partial charge in [-0.1, -0.05) is 0 Å². The molecule has 48 valence electrons. The third kappa shape index (κ3) is 1.18. The second kappa shape index (κ2) is 2.44. The summed E-state index contributed by atoms with van der Waals surface area (Å²) in [5, 5.41) is 10.3. The van der Waals surface area contributed by atoms with Gasteiger partial charge >= 0.3 is 0 Å². The minimum absolute atomic E-state index is 0.0556. The first kappa shape index (κ1) is 6.01.